The fraction of sp³-hybridized carbons (Fsp3) is 0.438. The molecule has 6 nitrogen and oxygen atoms in total. The van der Waals surface area contributed by atoms with Gasteiger partial charge >= 0.3 is 0 Å². The maximum absolute atomic E-state index is 12.2. The van der Waals surface area contributed by atoms with Gasteiger partial charge in [0, 0.05) is 37.0 Å². The van der Waals surface area contributed by atoms with Crippen molar-refractivity contribution in [1.82, 2.24) is 20.1 Å². The van der Waals surface area contributed by atoms with Crippen molar-refractivity contribution in [2.75, 3.05) is 0 Å². The summed E-state index contributed by atoms with van der Waals surface area (Å²) in [6.45, 7) is 4.01. The van der Waals surface area contributed by atoms with E-state index in [1.54, 1.807) is 4.68 Å². The van der Waals surface area contributed by atoms with Gasteiger partial charge in [0.2, 0.25) is 5.91 Å². The minimum atomic E-state index is -0.127. The van der Waals surface area contributed by atoms with Gasteiger partial charge in [0.15, 0.2) is 0 Å². The van der Waals surface area contributed by atoms with E-state index in [0.29, 0.717) is 5.56 Å². The number of amides is 1. The summed E-state index contributed by atoms with van der Waals surface area (Å²) < 4.78 is 1.75. The Kier molecular flexibility index (Phi) is 3.60. The summed E-state index contributed by atoms with van der Waals surface area (Å²) in [6, 6.07) is 1.92. The highest BCUT2D eigenvalue weighted by atomic mass is 16.2. The molecule has 2 atom stereocenters. The van der Waals surface area contributed by atoms with Crippen LogP contribution in [0.5, 0.6) is 0 Å². The molecule has 2 aromatic rings. The number of aromatic nitrogens is 3. The summed E-state index contributed by atoms with van der Waals surface area (Å²) in [5.41, 5.74) is 3.33. The molecular weight excluding hydrogens is 280 g/mol. The molecule has 22 heavy (non-hydrogen) atoms. The van der Waals surface area contributed by atoms with Crippen LogP contribution in [0.1, 0.15) is 34.7 Å². The van der Waals surface area contributed by atoms with Crippen molar-refractivity contribution in [3.63, 3.8) is 0 Å². The Bertz CT molecular complexity index is 775. The van der Waals surface area contributed by atoms with Gasteiger partial charge in [0.25, 0.3) is 5.56 Å². The third-order valence-electron chi connectivity index (χ3n) is 4.21. The van der Waals surface area contributed by atoms with Crippen molar-refractivity contribution in [2.45, 2.75) is 32.7 Å². The average Bonchev–Trinajstić information content (AvgIpc) is 3.13. The van der Waals surface area contributed by atoms with Crippen LogP contribution in [0.3, 0.4) is 0 Å². The molecule has 2 aromatic heterocycles. The third kappa shape index (κ3) is 2.81. The predicted molar refractivity (Wildman–Crippen MR) is 82.4 cm³/mol. The second-order valence-corrected chi connectivity index (χ2v) is 6.06. The number of rotatable bonds is 4. The minimum absolute atomic E-state index is 0.00552. The summed E-state index contributed by atoms with van der Waals surface area (Å²) in [4.78, 5) is 26.9. The molecule has 2 N–H and O–H groups in total. The van der Waals surface area contributed by atoms with Gasteiger partial charge in [-0.05, 0) is 43.4 Å². The molecule has 1 amide bonds. The van der Waals surface area contributed by atoms with E-state index in [9.17, 15) is 9.59 Å². The van der Waals surface area contributed by atoms with Crippen molar-refractivity contribution < 1.29 is 4.79 Å². The highest BCUT2D eigenvalue weighted by molar-refractivity contribution is 5.82. The molecule has 0 aliphatic heterocycles. The summed E-state index contributed by atoms with van der Waals surface area (Å²) in [5, 5.41) is 7.02. The number of aryl methyl sites for hydroxylation is 3. The molecule has 2 heterocycles. The highest BCUT2D eigenvalue weighted by Gasteiger charge is 2.44. The van der Waals surface area contributed by atoms with E-state index in [-0.39, 0.29) is 29.8 Å². The molecule has 0 spiro atoms. The van der Waals surface area contributed by atoms with Gasteiger partial charge in [-0.3, -0.25) is 14.3 Å². The first-order valence-electron chi connectivity index (χ1n) is 7.41. The number of nitrogens with one attached hydrogen (secondary N) is 2. The maximum atomic E-state index is 12.2. The molecule has 6 heteroatoms. The highest BCUT2D eigenvalue weighted by Crippen LogP contribution is 2.47. The van der Waals surface area contributed by atoms with Crippen LogP contribution in [-0.4, -0.2) is 20.7 Å². The van der Waals surface area contributed by atoms with Crippen molar-refractivity contribution in [1.29, 1.82) is 0 Å². The van der Waals surface area contributed by atoms with Gasteiger partial charge in [-0.2, -0.15) is 5.10 Å². The standard InChI is InChI=1S/C16H20N4O2/c1-9-4-10(2)19-16(22)14(9)7-17-15(21)13-5-12(13)11-6-18-20(3)8-11/h4,6,8,12-13H,5,7H2,1-3H3,(H,17,21)(H,19,22)/t12-,13-/m1/s1. The first kappa shape index (κ1) is 14.6. The summed E-state index contributed by atoms with van der Waals surface area (Å²) in [6.07, 6.45) is 4.61. The van der Waals surface area contributed by atoms with E-state index >= 15 is 0 Å². The monoisotopic (exact) mass is 300 g/mol. The van der Waals surface area contributed by atoms with E-state index in [1.165, 1.54) is 0 Å². The predicted octanol–water partition coefficient (Wildman–Crippen LogP) is 1.15. The van der Waals surface area contributed by atoms with Crippen LogP contribution in [0.15, 0.2) is 23.3 Å². The Hall–Kier alpha value is -2.37. The Morgan fingerprint density at radius 2 is 2.27 bits per heavy atom. The number of pyridine rings is 1. The van der Waals surface area contributed by atoms with Crippen molar-refractivity contribution >= 4 is 5.91 Å². The van der Waals surface area contributed by atoms with Gasteiger partial charge in [0.05, 0.1) is 6.20 Å². The van der Waals surface area contributed by atoms with Crippen LogP contribution in [0.2, 0.25) is 0 Å². The number of carbonyl (C=O) groups is 1. The van der Waals surface area contributed by atoms with Gasteiger partial charge in [0.1, 0.15) is 0 Å². The number of aromatic amines is 1. The zero-order valence-electron chi connectivity index (χ0n) is 13.0. The van der Waals surface area contributed by atoms with Gasteiger partial charge < -0.3 is 10.3 Å². The van der Waals surface area contributed by atoms with Gasteiger partial charge in [-0.25, -0.2) is 0 Å². The van der Waals surface area contributed by atoms with E-state index in [2.05, 4.69) is 15.4 Å². The summed E-state index contributed by atoms with van der Waals surface area (Å²) in [5.74, 6) is 0.258. The molecule has 1 aliphatic carbocycles. The number of hydrogen-bond acceptors (Lipinski definition) is 3. The lowest BCUT2D eigenvalue weighted by Gasteiger charge is -2.08. The molecule has 1 aliphatic rings. The second-order valence-electron chi connectivity index (χ2n) is 6.06. The van der Waals surface area contributed by atoms with Crippen molar-refractivity contribution in [3.8, 4) is 0 Å². The largest absolute Gasteiger partial charge is 0.352 e. The zero-order valence-corrected chi connectivity index (χ0v) is 13.0. The first-order chi connectivity index (χ1) is 10.5. The topological polar surface area (TPSA) is 79.8 Å². The molecular formula is C16H20N4O2. The van der Waals surface area contributed by atoms with Gasteiger partial charge in [-0.1, -0.05) is 0 Å². The SMILES string of the molecule is Cc1cc(C)c(CNC(=O)[C@@H]2C[C@@H]2c2cnn(C)c2)c(=O)[nH]1. The number of hydrogen-bond donors (Lipinski definition) is 2. The average molecular weight is 300 g/mol. The normalized spacial score (nSPS) is 20.0. The molecule has 1 fully saturated rings. The maximum Gasteiger partial charge on any atom is 0.253 e. The number of carbonyl (C=O) groups excluding carboxylic acids is 1. The lowest BCUT2D eigenvalue weighted by molar-refractivity contribution is -0.122. The fourth-order valence-corrected chi connectivity index (χ4v) is 2.89. The molecule has 116 valence electrons. The Morgan fingerprint density at radius 3 is 2.91 bits per heavy atom. The Labute approximate surface area is 128 Å². The second kappa shape index (κ2) is 5.44. The Morgan fingerprint density at radius 1 is 1.50 bits per heavy atom. The minimum Gasteiger partial charge on any atom is -0.352 e. The fourth-order valence-electron chi connectivity index (χ4n) is 2.89. The van der Waals surface area contributed by atoms with Crippen molar-refractivity contribution in [2.24, 2.45) is 13.0 Å². The van der Waals surface area contributed by atoms with Crippen LogP contribution in [0.25, 0.3) is 0 Å². The van der Waals surface area contributed by atoms with Crippen LogP contribution in [0, 0.1) is 19.8 Å². The Balaban J connectivity index is 1.61. The van der Waals surface area contributed by atoms with Crippen LogP contribution < -0.4 is 10.9 Å². The van der Waals surface area contributed by atoms with Gasteiger partial charge in [-0.15, -0.1) is 0 Å². The molecule has 0 saturated heterocycles. The van der Waals surface area contributed by atoms with Crippen LogP contribution in [0.4, 0.5) is 0 Å². The molecule has 1 saturated carbocycles. The molecule has 0 bridgehead atoms. The zero-order chi connectivity index (χ0) is 15.9. The summed E-state index contributed by atoms with van der Waals surface area (Å²) in [7, 11) is 1.87. The lowest BCUT2D eigenvalue weighted by Crippen LogP contribution is -2.29. The first-order valence-corrected chi connectivity index (χ1v) is 7.41. The van der Waals surface area contributed by atoms with E-state index in [1.807, 2.05) is 39.4 Å². The molecule has 0 unspecified atom stereocenters. The molecule has 3 rings (SSSR count). The van der Waals surface area contributed by atoms with Crippen LogP contribution in [-0.2, 0) is 18.4 Å². The lowest BCUT2D eigenvalue weighted by atomic mass is 10.1. The number of H-pyrrole nitrogens is 1. The van der Waals surface area contributed by atoms with E-state index < -0.39 is 0 Å². The molecule has 0 radical (unpaired) electrons. The third-order valence-corrected chi connectivity index (χ3v) is 4.21. The van der Waals surface area contributed by atoms with E-state index in [4.69, 9.17) is 0 Å². The smallest absolute Gasteiger partial charge is 0.253 e. The van der Waals surface area contributed by atoms with Crippen LogP contribution >= 0.6 is 0 Å². The number of nitrogens with zero attached hydrogens (tertiary/aromatic N) is 2. The molecule has 0 aromatic carbocycles. The summed E-state index contributed by atoms with van der Waals surface area (Å²) >= 11 is 0. The quantitative estimate of drug-likeness (QED) is 0.889. The van der Waals surface area contributed by atoms with E-state index in [0.717, 1.165) is 23.2 Å². The van der Waals surface area contributed by atoms with Crippen molar-refractivity contribution in [3.05, 3.63) is 51.2 Å².